The summed E-state index contributed by atoms with van der Waals surface area (Å²) in [4.78, 5) is 2.31. The molecule has 0 aromatic heterocycles. The average molecular weight is 387 g/mol. The van der Waals surface area contributed by atoms with Crippen LogP contribution in [-0.2, 0) is 0 Å². The van der Waals surface area contributed by atoms with Crippen molar-refractivity contribution in [3.8, 4) is 11.1 Å². The van der Waals surface area contributed by atoms with E-state index in [1.165, 1.54) is 25.8 Å². The Kier molecular flexibility index (Phi) is 6.00. The maximum absolute atomic E-state index is 3.75. The van der Waals surface area contributed by atoms with Crippen LogP contribution in [0.3, 0.4) is 0 Å². The van der Waals surface area contributed by atoms with E-state index < -0.39 is 0 Å². The SMILES string of the molecule is C=C/C=C\C(=C/C)c1cc([I+]C)cc(-c2ccccc2)c1. The summed E-state index contributed by atoms with van der Waals surface area (Å²) in [7, 11) is 0. The fourth-order valence-electron chi connectivity index (χ4n) is 2.19. The molecule has 0 aliphatic rings. The highest BCUT2D eigenvalue weighted by Gasteiger charge is 2.11. The number of hydrogen-bond acceptors (Lipinski definition) is 0. The van der Waals surface area contributed by atoms with Crippen LogP contribution in [0.2, 0.25) is 0 Å². The highest BCUT2D eigenvalue weighted by Crippen LogP contribution is 2.24. The van der Waals surface area contributed by atoms with Gasteiger partial charge in [-0.05, 0) is 47.4 Å². The second-order valence-electron chi connectivity index (χ2n) is 4.62. The fraction of sp³-hybridized carbons (Fsp3) is 0.100. The van der Waals surface area contributed by atoms with Crippen molar-refractivity contribution in [1.29, 1.82) is 0 Å². The van der Waals surface area contributed by atoms with Crippen molar-refractivity contribution >= 4 is 5.57 Å². The van der Waals surface area contributed by atoms with E-state index in [2.05, 4.69) is 79.1 Å². The van der Waals surface area contributed by atoms with E-state index in [0.29, 0.717) is 0 Å². The summed E-state index contributed by atoms with van der Waals surface area (Å²) >= 11 is 0.0680. The third-order valence-corrected chi connectivity index (χ3v) is 5.15. The van der Waals surface area contributed by atoms with Crippen LogP contribution in [0.15, 0.2) is 79.4 Å². The zero-order valence-electron chi connectivity index (χ0n) is 12.5. The van der Waals surface area contributed by atoms with Crippen molar-refractivity contribution < 1.29 is 21.2 Å². The molecule has 1 heteroatoms. The highest BCUT2D eigenvalue weighted by molar-refractivity contribution is 5.77. The van der Waals surface area contributed by atoms with E-state index in [1.807, 2.05) is 12.2 Å². The predicted molar refractivity (Wildman–Crippen MR) is 89.5 cm³/mol. The summed E-state index contributed by atoms with van der Waals surface area (Å²) in [5, 5.41) is 0. The van der Waals surface area contributed by atoms with E-state index >= 15 is 0 Å². The molecule has 0 atom stereocenters. The monoisotopic (exact) mass is 387 g/mol. The van der Waals surface area contributed by atoms with Crippen LogP contribution in [0.4, 0.5) is 0 Å². The second-order valence-corrected chi connectivity index (χ2v) is 6.95. The zero-order valence-corrected chi connectivity index (χ0v) is 14.7. The molecule has 0 heterocycles. The van der Waals surface area contributed by atoms with Gasteiger partial charge in [-0.15, -0.1) is 0 Å². The Morgan fingerprint density at radius 2 is 1.81 bits per heavy atom. The van der Waals surface area contributed by atoms with E-state index in [-0.39, 0.29) is 21.2 Å². The Hall–Kier alpha value is -1.61. The molecule has 0 radical (unpaired) electrons. The van der Waals surface area contributed by atoms with Gasteiger partial charge in [-0.25, -0.2) is 0 Å². The second kappa shape index (κ2) is 7.99. The van der Waals surface area contributed by atoms with Crippen LogP contribution in [0.25, 0.3) is 16.7 Å². The molecule has 0 nitrogen and oxygen atoms in total. The van der Waals surface area contributed by atoms with Crippen molar-refractivity contribution in [2.24, 2.45) is 0 Å². The number of hydrogen-bond donors (Lipinski definition) is 0. The van der Waals surface area contributed by atoms with Crippen LogP contribution in [0, 0.1) is 3.57 Å². The van der Waals surface area contributed by atoms with Gasteiger partial charge in [-0.3, -0.25) is 0 Å². The molecule has 0 unspecified atom stereocenters. The standard InChI is InChI=1S/C20H20I/c1-4-6-10-16(5-2)18-13-19(15-20(14-18)21-3)17-11-8-7-9-12-17/h4-15H,1H2,2-3H3/q+1/b10-6-,16-5+. The van der Waals surface area contributed by atoms with Crippen LogP contribution >= 0.6 is 0 Å². The molecular formula is C20H20I+. The minimum absolute atomic E-state index is 0.0680. The highest BCUT2D eigenvalue weighted by atomic mass is 127. The van der Waals surface area contributed by atoms with Crippen LogP contribution in [-0.4, -0.2) is 4.93 Å². The lowest BCUT2D eigenvalue weighted by Gasteiger charge is -2.07. The average Bonchev–Trinajstić information content (AvgIpc) is 2.56. The Morgan fingerprint density at radius 3 is 2.43 bits per heavy atom. The number of halogens is 1. The Labute approximate surface area is 138 Å². The van der Waals surface area contributed by atoms with Gasteiger partial charge in [0.15, 0.2) is 3.57 Å². The molecule has 2 rings (SSSR count). The molecule has 2 aromatic carbocycles. The summed E-state index contributed by atoms with van der Waals surface area (Å²) in [6.45, 7) is 5.83. The summed E-state index contributed by atoms with van der Waals surface area (Å²) in [6, 6.07) is 17.5. The third-order valence-electron chi connectivity index (χ3n) is 3.28. The first-order chi connectivity index (χ1) is 10.3. The van der Waals surface area contributed by atoms with E-state index in [9.17, 15) is 0 Å². The van der Waals surface area contributed by atoms with Gasteiger partial charge in [-0.1, -0.05) is 61.2 Å². The molecule has 0 saturated carbocycles. The topological polar surface area (TPSA) is 0 Å². The predicted octanol–water partition coefficient (Wildman–Crippen LogP) is 2.39. The molecule has 0 spiro atoms. The Balaban J connectivity index is 2.52. The molecule has 0 bridgehead atoms. The van der Waals surface area contributed by atoms with Crippen molar-refractivity contribution in [2.45, 2.75) is 6.92 Å². The van der Waals surface area contributed by atoms with Gasteiger partial charge in [0.2, 0.25) is 0 Å². The van der Waals surface area contributed by atoms with Crippen molar-refractivity contribution in [2.75, 3.05) is 4.93 Å². The molecule has 0 saturated heterocycles. The molecule has 2 aromatic rings. The van der Waals surface area contributed by atoms with Crippen molar-refractivity contribution in [3.05, 3.63) is 88.5 Å². The number of allylic oxidation sites excluding steroid dienone is 5. The van der Waals surface area contributed by atoms with Gasteiger partial charge in [0.1, 0.15) is 4.93 Å². The minimum atomic E-state index is 0.0680. The summed E-state index contributed by atoms with van der Waals surface area (Å²) in [5.41, 5.74) is 5.11. The summed E-state index contributed by atoms with van der Waals surface area (Å²) in [5.74, 6) is 0. The Bertz CT molecular complexity index is 663. The first kappa shape index (κ1) is 15.8. The molecule has 0 fully saturated rings. The van der Waals surface area contributed by atoms with Crippen molar-refractivity contribution in [3.63, 3.8) is 0 Å². The lowest BCUT2D eigenvalue weighted by atomic mass is 9.98. The minimum Gasteiger partial charge on any atom is -0.0991 e. The molecule has 0 N–H and O–H groups in total. The number of rotatable bonds is 5. The van der Waals surface area contributed by atoms with E-state index in [4.69, 9.17) is 0 Å². The molecule has 0 amide bonds. The molecule has 0 aliphatic heterocycles. The zero-order chi connectivity index (χ0) is 15.1. The fourth-order valence-corrected chi connectivity index (χ4v) is 3.49. The first-order valence-corrected chi connectivity index (χ1v) is 10.2. The van der Waals surface area contributed by atoms with E-state index in [1.54, 1.807) is 0 Å². The lowest BCUT2D eigenvalue weighted by molar-refractivity contribution is -0.597. The summed E-state index contributed by atoms with van der Waals surface area (Å²) < 4.78 is 1.47. The number of alkyl halides is 1. The largest absolute Gasteiger partial charge is 0.309 e. The van der Waals surface area contributed by atoms with Crippen molar-refractivity contribution in [1.82, 2.24) is 0 Å². The lowest BCUT2D eigenvalue weighted by Crippen LogP contribution is -3.60. The first-order valence-electron chi connectivity index (χ1n) is 6.94. The van der Waals surface area contributed by atoms with Crippen LogP contribution in [0.5, 0.6) is 0 Å². The van der Waals surface area contributed by atoms with Gasteiger partial charge in [0.25, 0.3) is 0 Å². The van der Waals surface area contributed by atoms with Gasteiger partial charge in [0.05, 0.1) is 0 Å². The van der Waals surface area contributed by atoms with Crippen LogP contribution < -0.4 is 21.2 Å². The molecule has 21 heavy (non-hydrogen) atoms. The van der Waals surface area contributed by atoms with Gasteiger partial charge in [0, 0.05) is 0 Å². The molecule has 106 valence electrons. The van der Waals surface area contributed by atoms with E-state index in [0.717, 1.165) is 0 Å². The van der Waals surface area contributed by atoms with Gasteiger partial charge >= 0.3 is 21.2 Å². The van der Waals surface area contributed by atoms with Gasteiger partial charge in [-0.2, -0.15) is 0 Å². The maximum Gasteiger partial charge on any atom is 0.309 e. The van der Waals surface area contributed by atoms with Crippen LogP contribution in [0.1, 0.15) is 12.5 Å². The molecule has 0 aliphatic carbocycles. The third kappa shape index (κ3) is 4.18. The quantitative estimate of drug-likeness (QED) is 0.420. The maximum atomic E-state index is 3.75. The Morgan fingerprint density at radius 1 is 1.05 bits per heavy atom. The normalized spacial score (nSPS) is 11.8. The van der Waals surface area contributed by atoms with Gasteiger partial charge < -0.3 is 0 Å². The smallest absolute Gasteiger partial charge is 0.0991 e. The molecular weight excluding hydrogens is 367 g/mol. The summed E-state index contributed by atoms with van der Waals surface area (Å²) in [6.07, 6.45) is 8.08. The number of benzene rings is 2.